The minimum absolute atomic E-state index is 0.101. The summed E-state index contributed by atoms with van der Waals surface area (Å²) in [7, 11) is 0. The SMILES string of the molecule is Cc1ccc(C(CC(=O)OC(C)C)NC(=O)c2ccc(F)cc2F)cc1. The largest absolute Gasteiger partial charge is 0.463 e. The van der Waals surface area contributed by atoms with Crippen LogP contribution in [0.3, 0.4) is 0 Å². The van der Waals surface area contributed by atoms with Gasteiger partial charge in [-0.2, -0.15) is 0 Å². The van der Waals surface area contributed by atoms with Crippen LogP contribution in [0.25, 0.3) is 0 Å². The van der Waals surface area contributed by atoms with Gasteiger partial charge in [0.25, 0.3) is 5.91 Å². The van der Waals surface area contributed by atoms with E-state index in [9.17, 15) is 18.4 Å². The molecule has 2 aromatic rings. The number of carbonyl (C=O) groups is 2. The predicted molar refractivity (Wildman–Crippen MR) is 93.6 cm³/mol. The fourth-order valence-electron chi connectivity index (χ4n) is 2.44. The number of benzene rings is 2. The molecule has 0 fully saturated rings. The minimum Gasteiger partial charge on any atom is -0.463 e. The molecule has 0 aliphatic carbocycles. The van der Waals surface area contributed by atoms with E-state index >= 15 is 0 Å². The van der Waals surface area contributed by atoms with Crippen molar-refractivity contribution in [2.24, 2.45) is 0 Å². The van der Waals surface area contributed by atoms with Crippen LogP contribution in [0.4, 0.5) is 8.78 Å². The Kier molecular flexibility index (Phi) is 6.44. The highest BCUT2D eigenvalue weighted by molar-refractivity contribution is 5.95. The van der Waals surface area contributed by atoms with Crippen molar-refractivity contribution in [1.29, 1.82) is 0 Å². The number of hydrogen-bond donors (Lipinski definition) is 1. The minimum atomic E-state index is -0.963. The van der Waals surface area contributed by atoms with Crippen LogP contribution < -0.4 is 5.32 Å². The highest BCUT2D eigenvalue weighted by atomic mass is 19.1. The third-order valence-corrected chi connectivity index (χ3v) is 3.70. The molecule has 0 bridgehead atoms. The molecule has 2 rings (SSSR count). The molecule has 0 heterocycles. The lowest BCUT2D eigenvalue weighted by Crippen LogP contribution is -2.31. The Morgan fingerprint density at radius 2 is 1.73 bits per heavy atom. The first-order valence-electron chi connectivity index (χ1n) is 8.28. The molecule has 0 spiro atoms. The summed E-state index contributed by atoms with van der Waals surface area (Å²) in [4.78, 5) is 24.4. The van der Waals surface area contributed by atoms with Crippen molar-refractivity contribution in [3.63, 3.8) is 0 Å². The molecule has 0 aliphatic rings. The Morgan fingerprint density at radius 1 is 1.08 bits per heavy atom. The standard InChI is InChI=1S/C20H21F2NO3/c1-12(2)26-19(24)11-18(14-6-4-13(3)5-7-14)23-20(25)16-9-8-15(21)10-17(16)22/h4-10,12,18H,11H2,1-3H3,(H,23,25). The van der Waals surface area contributed by atoms with Crippen LogP contribution in [-0.2, 0) is 9.53 Å². The number of ether oxygens (including phenoxy) is 1. The molecular formula is C20H21F2NO3. The number of esters is 1. The van der Waals surface area contributed by atoms with Gasteiger partial charge in [0, 0.05) is 6.07 Å². The van der Waals surface area contributed by atoms with E-state index in [2.05, 4.69) is 5.32 Å². The summed E-state index contributed by atoms with van der Waals surface area (Å²) in [6.07, 6.45) is -0.387. The number of rotatable bonds is 6. The van der Waals surface area contributed by atoms with Gasteiger partial charge in [-0.15, -0.1) is 0 Å². The normalized spacial score (nSPS) is 11.9. The molecule has 0 radical (unpaired) electrons. The molecule has 4 nitrogen and oxygen atoms in total. The average molecular weight is 361 g/mol. The van der Waals surface area contributed by atoms with Gasteiger partial charge in [0.1, 0.15) is 11.6 Å². The van der Waals surface area contributed by atoms with Crippen LogP contribution in [0.5, 0.6) is 0 Å². The van der Waals surface area contributed by atoms with Crippen molar-refractivity contribution in [3.8, 4) is 0 Å². The van der Waals surface area contributed by atoms with Gasteiger partial charge in [-0.05, 0) is 38.5 Å². The molecular weight excluding hydrogens is 340 g/mol. The Labute approximate surface area is 151 Å². The number of halogens is 2. The van der Waals surface area contributed by atoms with Crippen LogP contribution in [0.2, 0.25) is 0 Å². The first kappa shape index (κ1) is 19.6. The molecule has 6 heteroatoms. The molecule has 1 unspecified atom stereocenters. The Bertz CT molecular complexity index is 788. The van der Waals surface area contributed by atoms with Crippen molar-refractivity contribution < 1.29 is 23.1 Å². The second kappa shape index (κ2) is 8.56. The monoisotopic (exact) mass is 361 g/mol. The lowest BCUT2D eigenvalue weighted by Gasteiger charge is -2.20. The highest BCUT2D eigenvalue weighted by Gasteiger charge is 2.22. The van der Waals surface area contributed by atoms with Crippen LogP contribution in [0, 0.1) is 18.6 Å². The molecule has 138 valence electrons. The smallest absolute Gasteiger partial charge is 0.308 e. The van der Waals surface area contributed by atoms with Crippen molar-refractivity contribution in [3.05, 3.63) is 70.8 Å². The van der Waals surface area contributed by atoms with Gasteiger partial charge in [0.15, 0.2) is 0 Å². The first-order valence-corrected chi connectivity index (χ1v) is 8.28. The van der Waals surface area contributed by atoms with Crippen LogP contribution in [0.1, 0.15) is 47.8 Å². The Hall–Kier alpha value is -2.76. The average Bonchev–Trinajstić information content (AvgIpc) is 2.54. The van der Waals surface area contributed by atoms with Gasteiger partial charge in [0.2, 0.25) is 0 Å². The molecule has 0 saturated carbocycles. The zero-order chi connectivity index (χ0) is 19.3. The zero-order valence-electron chi connectivity index (χ0n) is 14.9. The van der Waals surface area contributed by atoms with Crippen LogP contribution >= 0.6 is 0 Å². The van der Waals surface area contributed by atoms with Gasteiger partial charge in [0.05, 0.1) is 24.1 Å². The van der Waals surface area contributed by atoms with Gasteiger partial charge < -0.3 is 10.1 Å². The Balaban J connectivity index is 2.23. The maximum Gasteiger partial charge on any atom is 0.308 e. The summed E-state index contributed by atoms with van der Waals surface area (Å²) >= 11 is 0. The van der Waals surface area contributed by atoms with Gasteiger partial charge >= 0.3 is 5.97 Å². The fourth-order valence-corrected chi connectivity index (χ4v) is 2.44. The molecule has 0 aromatic heterocycles. The third-order valence-electron chi connectivity index (χ3n) is 3.70. The number of amides is 1. The van der Waals surface area contributed by atoms with E-state index < -0.39 is 29.6 Å². The maximum absolute atomic E-state index is 13.8. The summed E-state index contributed by atoms with van der Waals surface area (Å²) in [5.74, 6) is -2.94. The van der Waals surface area contributed by atoms with E-state index in [1.165, 1.54) is 0 Å². The molecule has 1 atom stereocenters. The predicted octanol–water partition coefficient (Wildman–Crippen LogP) is 4.09. The van der Waals surface area contributed by atoms with Crippen molar-refractivity contribution in [2.75, 3.05) is 0 Å². The van der Waals surface area contributed by atoms with E-state index in [0.29, 0.717) is 11.6 Å². The summed E-state index contributed by atoms with van der Waals surface area (Å²) < 4.78 is 32.0. The number of hydrogen-bond acceptors (Lipinski definition) is 3. The second-order valence-electron chi connectivity index (χ2n) is 6.30. The summed E-state index contributed by atoms with van der Waals surface area (Å²) in [5, 5.41) is 2.63. The summed E-state index contributed by atoms with van der Waals surface area (Å²) in [6.45, 7) is 5.37. The van der Waals surface area contributed by atoms with Crippen molar-refractivity contribution in [2.45, 2.75) is 39.3 Å². The van der Waals surface area contributed by atoms with E-state index in [1.54, 1.807) is 26.0 Å². The third kappa shape index (κ3) is 5.37. The number of aryl methyl sites for hydroxylation is 1. The van der Waals surface area contributed by atoms with E-state index in [4.69, 9.17) is 4.74 Å². The quantitative estimate of drug-likeness (QED) is 0.789. The molecule has 0 saturated heterocycles. The van der Waals surface area contributed by atoms with Crippen molar-refractivity contribution in [1.82, 2.24) is 5.32 Å². The molecule has 2 aromatic carbocycles. The second-order valence-corrected chi connectivity index (χ2v) is 6.30. The van der Waals surface area contributed by atoms with E-state index in [1.807, 2.05) is 19.1 Å². The molecule has 1 N–H and O–H groups in total. The van der Waals surface area contributed by atoms with Gasteiger partial charge in [-0.3, -0.25) is 9.59 Å². The van der Waals surface area contributed by atoms with Gasteiger partial charge in [-0.1, -0.05) is 29.8 Å². The van der Waals surface area contributed by atoms with E-state index in [0.717, 1.165) is 17.7 Å². The van der Waals surface area contributed by atoms with Gasteiger partial charge in [-0.25, -0.2) is 8.78 Å². The van der Waals surface area contributed by atoms with Crippen LogP contribution in [0.15, 0.2) is 42.5 Å². The fraction of sp³-hybridized carbons (Fsp3) is 0.300. The molecule has 0 aliphatic heterocycles. The lowest BCUT2D eigenvalue weighted by atomic mass is 10.0. The lowest BCUT2D eigenvalue weighted by molar-refractivity contribution is -0.147. The summed E-state index contributed by atoms with van der Waals surface area (Å²) in [6, 6.07) is 9.28. The number of nitrogens with one attached hydrogen (secondary N) is 1. The maximum atomic E-state index is 13.8. The van der Waals surface area contributed by atoms with E-state index in [-0.39, 0.29) is 18.1 Å². The number of carbonyl (C=O) groups excluding carboxylic acids is 2. The van der Waals surface area contributed by atoms with Crippen LogP contribution in [-0.4, -0.2) is 18.0 Å². The highest BCUT2D eigenvalue weighted by Crippen LogP contribution is 2.20. The molecule has 1 amide bonds. The topological polar surface area (TPSA) is 55.4 Å². The van der Waals surface area contributed by atoms with Crippen molar-refractivity contribution >= 4 is 11.9 Å². The summed E-state index contributed by atoms with van der Waals surface area (Å²) in [5.41, 5.74) is 1.42. The zero-order valence-corrected chi connectivity index (χ0v) is 14.9. The Morgan fingerprint density at radius 3 is 2.31 bits per heavy atom. The molecule has 26 heavy (non-hydrogen) atoms. The first-order chi connectivity index (χ1) is 12.3.